The summed E-state index contributed by atoms with van der Waals surface area (Å²) in [6.07, 6.45) is 1.87. The molecule has 0 aliphatic heterocycles. The van der Waals surface area contributed by atoms with Crippen LogP contribution in [0.5, 0.6) is 11.5 Å². The highest BCUT2D eigenvalue weighted by molar-refractivity contribution is 7.11. The Balaban J connectivity index is 2.07. The van der Waals surface area contributed by atoms with E-state index in [1.54, 1.807) is 14.2 Å². The second-order valence-corrected chi connectivity index (χ2v) is 5.80. The molecule has 2 heterocycles. The lowest BCUT2D eigenvalue weighted by Crippen LogP contribution is -2.06. The van der Waals surface area contributed by atoms with Crippen molar-refractivity contribution in [3.05, 3.63) is 30.5 Å². The van der Waals surface area contributed by atoms with Crippen LogP contribution in [0, 0.1) is 0 Å². The van der Waals surface area contributed by atoms with E-state index in [9.17, 15) is 0 Å². The van der Waals surface area contributed by atoms with Crippen molar-refractivity contribution >= 4 is 27.6 Å². The molecule has 0 amide bonds. The second-order valence-electron chi connectivity index (χ2n) is 5.04. The summed E-state index contributed by atoms with van der Waals surface area (Å²) in [5.41, 5.74) is 3.86. The Morgan fingerprint density at radius 2 is 1.77 bits per heavy atom. The normalized spacial score (nSPS) is 10.7. The quantitative estimate of drug-likeness (QED) is 0.738. The predicted octanol–water partition coefficient (Wildman–Crippen LogP) is 3.44. The Bertz CT molecular complexity index is 814. The van der Waals surface area contributed by atoms with Gasteiger partial charge in [0.05, 0.1) is 14.2 Å². The molecule has 1 aromatic carbocycles. The molecule has 0 unspecified atom stereocenters. The van der Waals surface area contributed by atoms with E-state index >= 15 is 0 Å². The summed E-state index contributed by atoms with van der Waals surface area (Å²) < 4.78 is 15.1. The molecule has 0 bridgehead atoms. The fourth-order valence-corrected chi connectivity index (χ4v) is 3.02. The van der Waals surface area contributed by atoms with Crippen LogP contribution in [0.4, 0.5) is 5.00 Å². The smallest absolute Gasteiger partial charge is 0.161 e. The average Bonchev–Trinajstić information content (AvgIpc) is 2.97. The van der Waals surface area contributed by atoms with Gasteiger partial charge in [-0.2, -0.15) is 4.37 Å². The van der Waals surface area contributed by atoms with Crippen molar-refractivity contribution in [3.63, 3.8) is 0 Å². The maximum atomic E-state index is 5.36. The summed E-state index contributed by atoms with van der Waals surface area (Å²) in [6, 6.07) is 7.88. The van der Waals surface area contributed by atoms with Gasteiger partial charge in [-0.3, -0.25) is 4.98 Å². The Hall–Kier alpha value is -2.34. The molecular weight excluding hydrogens is 298 g/mol. The van der Waals surface area contributed by atoms with Crippen molar-refractivity contribution in [2.75, 3.05) is 33.2 Å². The molecule has 0 atom stereocenters. The van der Waals surface area contributed by atoms with Gasteiger partial charge in [0.25, 0.3) is 0 Å². The van der Waals surface area contributed by atoms with Gasteiger partial charge in [0.15, 0.2) is 11.5 Å². The lowest BCUT2D eigenvalue weighted by Gasteiger charge is -2.10. The number of hydrogen-bond donors (Lipinski definition) is 0. The van der Waals surface area contributed by atoms with Gasteiger partial charge in [-0.15, -0.1) is 0 Å². The number of rotatable bonds is 4. The zero-order valence-electron chi connectivity index (χ0n) is 13.0. The highest BCUT2D eigenvalue weighted by Crippen LogP contribution is 2.34. The molecule has 0 N–H and O–H groups in total. The van der Waals surface area contributed by atoms with Gasteiger partial charge in [-0.25, -0.2) is 0 Å². The third kappa shape index (κ3) is 2.46. The van der Waals surface area contributed by atoms with E-state index in [2.05, 4.69) is 9.36 Å². The molecule has 5 nitrogen and oxygen atoms in total. The number of hydrogen-bond acceptors (Lipinski definition) is 6. The SMILES string of the molecule is COc1ccc(-c2cnc3c(N(C)C)snc3c2)cc1OC. The Morgan fingerprint density at radius 3 is 2.45 bits per heavy atom. The second kappa shape index (κ2) is 5.81. The Kier molecular flexibility index (Phi) is 3.85. The molecule has 0 aliphatic rings. The van der Waals surface area contributed by atoms with Crippen molar-refractivity contribution in [2.24, 2.45) is 0 Å². The summed E-state index contributed by atoms with van der Waals surface area (Å²) in [6.45, 7) is 0. The van der Waals surface area contributed by atoms with Gasteiger partial charge in [0.2, 0.25) is 0 Å². The van der Waals surface area contributed by atoms with Gasteiger partial charge in [-0.05, 0) is 35.3 Å². The van der Waals surface area contributed by atoms with Crippen LogP contribution in [-0.4, -0.2) is 37.7 Å². The molecule has 0 saturated carbocycles. The third-order valence-electron chi connectivity index (χ3n) is 3.42. The van der Waals surface area contributed by atoms with Crippen molar-refractivity contribution in [1.82, 2.24) is 9.36 Å². The Morgan fingerprint density at radius 1 is 1.00 bits per heavy atom. The first-order valence-corrected chi connectivity index (χ1v) is 7.56. The highest BCUT2D eigenvalue weighted by atomic mass is 32.1. The van der Waals surface area contributed by atoms with Gasteiger partial charge in [0.1, 0.15) is 16.0 Å². The number of benzene rings is 1. The van der Waals surface area contributed by atoms with E-state index < -0.39 is 0 Å². The van der Waals surface area contributed by atoms with Crippen molar-refractivity contribution < 1.29 is 9.47 Å². The Labute approximate surface area is 133 Å². The van der Waals surface area contributed by atoms with E-state index in [1.807, 2.05) is 49.5 Å². The summed E-state index contributed by atoms with van der Waals surface area (Å²) in [5.74, 6) is 1.41. The topological polar surface area (TPSA) is 47.5 Å². The van der Waals surface area contributed by atoms with Crippen molar-refractivity contribution in [1.29, 1.82) is 0 Å². The van der Waals surface area contributed by atoms with Crippen molar-refractivity contribution in [3.8, 4) is 22.6 Å². The van der Waals surface area contributed by atoms with Crippen LogP contribution in [-0.2, 0) is 0 Å². The maximum Gasteiger partial charge on any atom is 0.161 e. The van der Waals surface area contributed by atoms with E-state index in [0.29, 0.717) is 11.5 Å². The van der Waals surface area contributed by atoms with E-state index in [1.165, 1.54) is 11.5 Å². The van der Waals surface area contributed by atoms with Crippen molar-refractivity contribution in [2.45, 2.75) is 0 Å². The summed E-state index contributed by atoms with van der Waals surface area (Å²) in [4.78, 5) is 6.60. The number of anilines is 1. The standard InChI is InChI=1S/C16H17N3O2S/c1-19(2)16-15-12(18-22-16)7-11(9-17-15)10-5-6-13(20-3)14(8-10)21-4/h5-9H,1-4H3. The number of nitrogens with zero attached hydrogens (tertiary/aromatic N) is 3. The minimum atomic E-state index is 0.701. The van der Waals surface area contributed by atoms with Gasteiger partial charge < -0.3 is 14.4 Å². The fourth-order valence-electron chi connectivity index (χ4n) is 2.29. The van der Waals surface area contributed by atoms with Gasteiger partial charge in [-0.1, -0.05) is 6.07 Å². The van der Waals surface area contributed by atoms with Crippen LogP contribution >= 0.6 is 11.5 Å². The highest BCUT2D eigenvalue weighted by Gasteiger charge is 2.12. The van der Waals surface area contributed by atoms with E-state index in [0.717, 1.165) is 27.2 Å². The minimum Gasteiger partial charge on any atom is -0.493 e. The first-order valence-electron chi connectivity index (χ1n) is 6.79. The lowest BCUT2D eigenvalue weighted by molar-refractivity contribution is 0.355. The first-order chi connectivity index (χ1) is 10.6. The number of fused-ring (bicyclic) bond motifs is 1. The number of ether oxygens (including phenoxy) is 2. The molecule has 0 radical (unpaired) electrons. The summed E-state index contributed by atoms with van der Waals surface area (Å²) in [5, 5.41) is 1.06. The van der Waals surface area contributed by atoms with Crippen LogP contribution < -0.4 is 14.4 Å². The van der Waals surface area contributed by atoms with Crippen LogP contribution in [0.15, 0.2) is 30.5 Å². The maximum absolute atomic E-state index is 5.36. The molecule has 3 aromatic rings. The van der Waals surface area contributed by atoms with Crippen LogP contribution in [0.1, 0.15) is 0 Å². The molecule has 114 valence electrons. The zero-order valence-corrected chi connectivity index (χ0v) is 13.8. The van der Waals surface area contributed by atoms with Crippen LogP contribution in [0.3, 0.4) is 0 Å². The lowest BCUT2D eigenvalue weighted by atomic mass is 10.1. The minimum absolute atomic E-state index is 0.701. The summed E-state index contributed by atoms with van der Waals surface area (Å²) in [7, 11) is 7.25. The molecule has 0 spiro atoms. The molecule has 0 fully saturated rings. The van der Waals surface area contributed by atoms with E-state index in [4.69, 9.17) is 9.47 Å². The molecule has 2 aromatic heterocycles. The van der Waals surface area contributed by atoms with Crippen LogP contribution in [0.25, 0.3) is 22.2 Å². The molecule has 22 heavy (non-hydrogen) atoms. The number of methoxy groups -OCH3 is 2. The predicted molar refractivity (Wildman–Crippen MR) is 90.3 cm³/mol. The third-order valence-corrected chi connectivity index (χ3v) is 4.44. The van der Waals surface area contributed by atoms with E-state index in [-0.39, 0.29) is 0 Å². The zero-order chi connectivity index (χ0) is 15.7. The molecular formula is C16H17N3O2S. The molecule has 0 aliphatic carbocycles. The largest absolute Gasteiger partial charge is 0.493 e. The molecule has 6 heteroatoms. The molecule has 3 rings (SSSR count). The average molecular weight is 315 g/mol. The van der Waals surface area contributed by atoms with Gasteiger partial charge in [0, 0.05) is 25.9 Å². The van der Waals surface area contributed by atoms with Crippen LogP contribution in [0.2, 0.25) is 0 Å². The summed E-state index contributed by atoms with van der Waals surface area (Å²) >= 11 is 1.46. The number of aromatic nitrogens is 2. The monoisotopic (exact) mass is 315 g/mol. The first kappa shape index (κ1) is 14.6. The number of pyridine rings is 1. The molecule has 0 saturated heterocycles. The van der Waals surface area contributed by atoms with Gasteiger partial charge >= 0.3 is 0 Å². The fraction of sp³-hybridized carbons (Fsp3) is 0.250.